The minimum atomic E-state index is 0.801. The predicted molar refractivity (Wildman–Crippen MR) is 231 cm³/mol. The highest BCUT2D eigenvalue weighted by atomic mass is 35.5. The van der Waals surface area contributed by atoms with Crippen LogP contribution in [0.3, 0.4) is 0 Å². The summed E-state index contributed by atoms with van der Waals surface area (Å²) in [6, 6.07) is 33.7. The third-order valence-corrected chi connectivity index (χ3v) is 13.4. The van der Waals surface area contributed by atoms with E-state index in [1.165, 1.54) is 176 Å². The van der Waals surface area contributed by atoms with Crippen LogP contribution >= 0.6 is 11.6 Å². The average molecular weight is 733 g/mol. The zero-order valence-electron chi connectivity index (χ0n) is 32.5. The van der Waals surface area contributed by atoms with Gasteiger partial charge in [-0.05, 0) is 220 Å². The Balaban J connectivity index is 1.23. The van der Waals surface area contributed by atoms with Gasteiger partial charge in [-0.25, -0.2) is 0 Å². The second kappa shape index (κ2) is 16.0. The minimum absolute atomic E-state index is 0.801. The summed E-state index contributed by atoms with van der Waals surface area (Å²) in [4.78, 5) is 4.98. The Morgan fingerprint density at radius 2 is 0.593 bits per heavy atom. The Morgan fingerprint density at radius 3 is 0.870 bits per heavy atom. The van der Waals surface area contributed by atoms with E-state index in [0.29, 0.717) is 0 Å². The number of hydrogen-bond acceptors (Lipinski definition) is 2. The third-order valence-electron chi connectivity index (χ3n) is 13.0. The largest absolute Gasteiger partial charge is 0.309 e. The Bertz CT molecular complexity index is 1870. The van der Waals surface area contributed by atoms with Gasteiger partial charge < -0.3 is 9.80 Å². The van der Waals surface area contributed by atoms with Gasteiger partial charge in [-0.3, -0.25) is 0 Å². The van der Waals surface area contributed by atoms with Crippen LogP contribution < -0.4 is 9.80 Å². The van der Waals surface area contributed by atoms with Crippen molar-refractivity contribution in [2.45, 2.75) is 135 Å². The van der Waals surface area contributed by atoms with Gasteiger partial charge in [0.15, 0.2) is 0 Å². The topological polar surface area (TPSA) is 6.48 Å². The summed E-state index contributed by atoms with van der Waals surface area (Å²) in [5, 5.41) is 0.801. The summed E-state index contributed by atoms with van der Waals surface area (Å²) in [6.45, 7) is 2.25. The number of aryl methyl sites for hydroxylation is 9. The first-order valence-electron chi connectivity index (χ1n) is 21.5. The number of rotatable bonds is 6. The normalized spacial score (nSPS) is 17.1. The first-order valence-corrected chi connectivity index (χ1v) is 21.8. The third kappa shape index (κ3) is 7.36. The fourth-order valence-corrected chi connectivity index (χ4v) is 10.3. The molecule has 54 heavy (non-hydrogen) atoms. The Hall–Kier alpha value is -4.01. The van der Waals surface area contributed by atoms with E-state index in [1.807, 2.05) is 0 Å². The van der Waals surface area contributed by atoms with Gasteiger partial charge in [-0.2, -0.15) is 0 Å². The molecular weight excluding hydrogens is 676 g/mol. The number of anilines is 6. The Labute approximate surface area is 329 Å². The maximum atomic E-state index is 7.96. The molecule has 2 nitrogen and oxygen atoms in total. The lowest BCUT2D eigenvalue weighted by Gasteiger charge is -2.33. The van der Waals surface area contributed by atoms with Crippen molar-refractivity contribution in [3.05, 3.63) is 140 Å². The van der Waals surface area contributed by atoms with E-state index in [2.05, 4.69) is 102 Å². The van der Waals surface area contributed by atoms with Crippen LogP contribution in [0, 0.1) is 6.92 Å². The smallest absolute Gasteiger partial charge is 0.0887 e. The second-order valence-electron chi connectivity index (χ2n) is 16.8. The molecule has 9 rings (SSSR count). The first kappa shape index (κ1) is 35.7. The van der Waals surface area contributed by atoms with Crippen LogP contribution in [0.2, 0.25) is 5.02 Å². The zero-order chi connectivity index (χ0) is 36.4. The van der Waals surface area contributed by atoms with Crippen molar-refractivity contribution in [3.8, 4) is 0 Å². The quantitative estimate of drug-likeness (QED) is 0.160. The summed E-state index contributed by atoms with van der Waals surface area (Å²) in [6.07, 6.45) is 24.8. The standard InChI is InChI=1S/C51H57ClN2/c1-36-30-49(53(45-26-22-37-14-6-2-10-18-41(37)32-45)46-27-23-38-15-7-3-11-19-42(38)33-46)51(52)50(31-36)54(47-28-24-39-16-8-4-12-20-43(39)34-47)48-29-25-40-17-9-5-13-21-44(40)35-48/h22-35H,2-21H2,1H3. The van der Waals surface area contributed by atoms with Crippen molar-refractivity contribution >= 4 is 45.7 Å². The van der Waals surface area contributed by atoms with Crippen molar-refractivity contribution in [1.29, 1.82) is 0 Å². The summed E-state index contributed by atoms with van der Waals surface area (Å²) >= 11 is 7.96. The molecule has 0 N–H and O–H groups in total. The number of hydrogen-bond donors (Lipinski definition) is 0. The summed E-state index contributed by atoms with van der Waals surface area (Å²) in [5.74, 6) is 0. The number of halogens is 1. The summed E-state index contributed by atoms with van der Waals surface area (Å²) in [5.41, 5.74) is 20.3. The predicted octanol–water partition coefficient (Wildman–Crippen LogP) is 14.7. The fraction of sp³-hybridized carbons (Fsp3) is 0.412. The molecular formula is C51H57ClN2. The van der Waals surface area contributed by atoms with Gasteiger partial charge in [0.2, 0.25) is 0 Å². The van der Waals surface area contributed by atoms with E-state index in [9.17, 15) is 0 Å². The average Bonchev–Trinajstić information content (AvgIpc) is 3.76. The molecule has 0 atom stereocenters. The van der Waals surface area contributed by atoms with E-state index in [0.717, 1.165) is 42.1 Å². The molecule has 0 saturated carbocycles. The lowest BCUT2D eigenvalue weighted by atomic mass is 9.98. The van der Waals surface area contributed by atoms with Gasteiger partial charge in [0, 0.05) is 22.7 Å². The molecule has 0 heterocycles. The summed E-state index contributed by atoms with van der Waals surface area (Å²) < 4.78 is 0. The molecule has 3 heteroatoms. The van der Waals surface area contributed by atoms with E-state index in [1.54, 1.807) is 0 Å². The molecule has 0 fully saturated rings. The number of fused-ring (bicyclic) bond motifs is 4. The molecule has 0 aromatic heterocycles. The van der Waals surface area contributed by atoms with Crippen LogP contribution in [-0.2, 0) is 51.4 Å². The van der Waals surface area contributed by atoms with Crippen LogP contribution in [0.5, 0.6) is 0 Å². The second-order valence-corrected chi connectivity index (χ2v) is 17.2. The van der Waals surface area contributed by atoms with Crippen LogP contribution in [0.1, 0.15) is 127 Å². The molecule has 0 saturated heterocycles. The SMILES string of the molecule is Cc1cc(N(c2ccc3c(c2)CCCCC3)c2ccc3c(c2)CCCCC3)c(Cl)c(N(c2ccc3c(c2)CCCCC3)c2ccc3c(c2)CCCCC3)c1. The fourth-order valence-electron chi connectivity index (χ4n) is 10.1. The lowest BCUT2D eigenvalue weighted by Crippen LogP contribution is -2.16. The zero-order valence-corrected chi connectivity index (χ0v) is 33.3. The molecule has 0 amide bonds. The Morgan fingerprint density at radius 1 is 0.333 bits per heavy atom. The highest BCUT2D eigenvalue weighted by Gasteiger charge is 2.26. The van der Waals surface area contributed by atoms with Gasteiger partial charge in [0.05, 0.1) is 16.4 Å². The van der Waals surface area contributed by atoms with Gasteiger partial charge in [-0.1, -0.05) is 61.5 Å². The van der Waals surface area contributed by atoms with Gasteiger partial charge in [0.1, 0.15) is 0 Å². The van der Waals surface area contributed by atoms with Crippen LogP contribution in [-0.4, -0.2) is 0 Å². The van der Waals surface area contributed by atoms with E-state index < -0.39 is 0 Å². The molecule has 0 radical (unpaired) electrons. The lowest BCUT2D eigenvalue weighted by molar-refractivity contribution is 0.711. The first-order chi connectivity index (χ1) is 26.6. The highest BCUT2D eigenvalue weighted by Crippen LogP contribution is 2.49. The van der Waals surface area contributed by atoms with Crippen molar-refractivity contribution in [1.82, 2.24) is 0 Å². The van der Waals surface area contributed by atoms with Crippen LogP contribution in [0.4, 0.5) is 34.1 Å². The number of benzene rings is 5. The van der Waals surface area contributed by atoms with E-state index >= 15 is 0 Å². The molecule has 5 aromatic rings. The van der Waals surface area contributed by atoms with Crippen LogP contribution in [0.15, 0.2) is 84.9 Å². The molecule has 5 aromatic carbocycles. The van der Waals surface area contributed by atoms with Crippen molar-refractivity contribution in [2.24, 2.45) is 0 Å². The number of nitrogens with zero attached hydrogens (tertiary/aromatic N) is 2. The Kier molecular flexibility index (Phi) is 10.6. The molecule has 4 aliphatic rings. The monoisotopic (exact) mass is 732 g/mol. The molecule has 0 spiro atoms. The molecule has 4 aliphatic carbocycles. The van der Waals surface area contributed by atoms with E-state index in [4.69, 9.17) is 11.6 Å². The van der Waals surface area contributed by atoms with Crippen molar-refractivity contribution in [2.75, 3.05) is 9.80 Å². The highest BCUT2D eigenvalue weighted by molar-refractivity contribution is 6.36. The van der Waals surface area contributed by atoms with Gasteiger partial charge in [-0.15, -0.1) is 0 Å². The minimum Gasteiger partial charge on any atom is -0.309 e. The van der Waals surface area contributed by atoms with Gasteiger partial charge >= 0.3 is 0 Å². The van der Waals surface area contributed by atoms with Gasteiger partial charge in [0.25, 0.3) is 0 Å². The molecule has 0 aliphatic heterocycles. The van der Waals surface area contributed by atoms with E-state index in [-0.39, 0.29) is 0 Å². The maximum Gasteiger partial charge on any atom is 0.0887 e. The summed E-state index contributed by atoms with van der Waals surface area (Å²) in [7, 11) is 0. The molecule has 0 unspecified atom stereocenters. The molecule has 0 bridgehead atoms. The molecule has 278 valence electrons. The van der Waals surface area contributed by atoms with Crippen molar-refractivity contribution < 1.29 is 0 Å². The van der Waals surface area contributed by atoms with Crippen molar-refractivity contribution in [3.63, 3.8) is 0 Å². The maximum absolute atomic E-state index is 7.96. The van der Waals surface area contributed by atoms with Crippen LogP contribution in [0.25, 0.3) is 0 Å².